The Labute approximate surface area is 81.0 Å². The van der Waals surface area contributed by atoms with Gasteiger partial charge in [0.2, 0.25) is 5.28 Å². The molecule has 0 aromatic heterocycles. The van der Waals surface area contributed by atoms with Crippen molar-refractivity contribution in [1.29, 1.82) is 0 Å². The van der Waals surface area contributed by atoms with E-state index in [0.29, 0.717) is 37.2 Å². The Morgan fingerprint density at radius 3 is 2.92 bits per heavy atom. The molecule has 0 aromatic carbocycles. The zero-order chi connectivity index (χ0) is 9.52. The molecule has 1 aliphatic rings. The highest BCUT2D eigenvalue weighted by atomic mass is 32.2. The van der Waals surface area contributed by atoms with Gasteiger partial charge in [-0.3, -0.25) is 0 Å². The molecule has 0 unspecified atom stereocenters. The number of nitrogens with zero attached hydrogens (tertiary/aromatic N) is 3. The summed E-state index contributed by atoms with van der Waals surface area (Å²) >= 11 is 1.47. The van der Waals surface area contributed by atoms with Gasteiger partial charge in [-0.15, -0.1) is 16.8 Å². The van der Waals surface area contributed by atoms with E-state index in [-0.39, 0.29) is 0 Å². The van der Waals surface area contributed by atoms with Gasteiger partial charge in [-0.1, -0.05) is 0 Å². The molecule has 0 N–H and O–H groups in total. The van der Waals surface area contributed by atoms with E-state index in [1.54, 1.807) is 0 Å². The molecule has 1 aliphatic heterocycles. The first-order valence-corrected chi connectivity index (χ1v) is 5.35. The summed E-state index contributed by atoms with van der Waals surface area (Å²) in [6, 6.07) is 0. The molecule has 0 spiro atoms. The van der Waals surface area contributed by atoms with Gasteiger partial charge in [0.05, 0.1) is 18.2 Å². The number of thioether (sulfide) groups is 1. The Kier molecular flexibility index (Phi) is 4.69. The largest absolute Gasteiger partial charge is 0.569 e. The van der Waals surface area contributed by atoms with Crippen molar-refractivity contribution in [3.8, 4) is 0 Å². The lowest BCUT2D eigenvalue weighted by Gasteiger charge is -2.21. The molecule has 7 heteroatoms. The zero-order valence-corrected chi connectivity index (χ0v) is 8.33. The van der Waals surface area contributed by atoms with Crippen LogP contribution in [0.2, 0.25) is 0 Å². The van der Waals surface area contributed by atoms with E-state index in [2.05, 4.69) is 5.28 Å². The van der Waals surface area contributed by atoms with Crippen molar-refractivity contribution in [2.45, 2.75) is 0 Å². The van der Waals surface area contributed by atoms with Crippen molar-refractivity contribution < 1.29 is 14.5 Å². The molecule has 76 valence electrons. The lowest BCUT2D eigenvalue weighted by atomic mass is 10.5. The monoisotopic (exact) mass is 207 g/mol. The summed E-state index contributed by atoms with van der Waals surface area (Å²) < 4.78 is 5.08. The van der Waals surface area contributed by atoms with Crippen LogP contribution in [0.25, 0.3) is 0 Å². The molecule has 1 rings (SSSR count). The molecular formula is C6H13N3O3S. The number of hydrazine groups is 1. The Morgan fingerprint density at radius 2 is 2.31 bits per heavy atom. The normalized spacial score (nSPS) is 18.8. The number of rotatable bonds is 4. The molecule has 0 radical (unpaired) electrons. The highest BCUT2D eigenvalue weighted by molar-refractivity contribution is 7.98. The van der Waals surface area contributed by atoms with Crippen LogP contribution in [0.1, 0.15) is 0 Å². The van der Waals surface area contributed by atoms with Crippen molar-refractivity contribution in [2.24, 2.45) is 5.28 Å². The predicted molar refractivity (Wildman–Crippen MR) is 47.9 cm³/mol. The number of hydrogen-bond donors (Lipinski definition) is 0. The van der Waals surface area contributed by atoms with Crippen molar-refractivity contribution >= 4 is 11.8 Å². The van der Waals surface area contributed by atoms with E-state index in [4.69, 9.17) is 9.57 Å². The Morgan fingerprint density at radius 1 is 1.62 bits per heavy atom. The second-order valence-electron chi connectivity index (χ2n) is 2.44. The van der Waals surface area contributed by atoms with E-state index < -0.39 is 0 Å². The van der Waals surface area contributed by atoms with Crippen LogP contribution in [0.4, 0.5) is 0 Å². The maximum absolute atomic E-state index is 11.2. The van der Waals surface area contributed by atoms with Crippen LogP contribution < -0.4 is 0 Å². The van der Waals surface area contributed by atoms with Gasteiger partial charge in [-0.2, -0.15) is 0 Å². The maximum Gasteiger partial charge on any atom is 0.234 e. The molecule has 13 heavy (non-hydrogen) atoms. The van der Waals surface area contributed by atoms with Gasteiger partial charge in [0.1, 0.15) is 13.1 Å². The summed E-state index contributed by atoms with van der Waals surface area (Å²) in [4.78, 5) is 5.20. The predicted octanol–water partition coefficient (Wildman–Crippen LogP) is 0.448. The van der Waals surface area contributed by atoms with E-state index >= 15 is 0 Å². The van der Waals surface area contributed by atoms with Gasteiger partial charge >= 0.3 is 0 Å². The minimum Gasteiger partial charge on any atom is -0.569 e. The summed E-state index contributed by atoms with van der Waals surface area (Å²) in [6.07, 6.45) is 1.87. The van der Waals surface area contributed by atoms with Crippen molar-refractivity contribution in [3.05, 3.63) is 5.21 Å². The van der Waals surface area contributed by atoms with Crippen LogP contribution in [0.3, 0.4) is 0 Å². The highest BCUT2D eigenvalue weighted by Gasteiger charge is 2.16. The third-order valence-corrected chi connectivity index (χ3v) is 1.87. The highest BCUT2D eigenvalue weighted by Crippen LogP contribution is 1.99. The third kappa shape index (κ3) is 3.69. The summed E-state index contributed by atoms with van der Waals surface area (Å²) in [7, 11) is 0. The van der Waals surface area contributed by atoms with Crippen LogP contribution >= 0.6 is 11.8 Å². The molecule has 1 heterocycles. The fourth-order valence-corrected chi connectivity index (χ4v) is 1.05. The van der Waals surface area contributed by atoms with Crippen molar-refractivity contribution in [2.75, 3.05) is 38.5 Å². The summed E-state index contributed by atoms with van der Waals surface area (Å²) in [5.74, 6) is 0.392. The lowest BCUT2D eigenvalue weighted by molar-refractivity contribution is -0.713. The molecule has 6 nitrogen and oxygen atoms in total. The van der Waals surface area contributed by atoms with Gasteiger partial charge in [-0.25, -0.2) is 0 Å². The van der Waals surface area contributed by atoms with Gasteiger partial charge in [0.15, 0.2) is 5.94 Å². The average Bonchev–Trinajstić information content (AvgIpc) is 2.19. The van der Waals surface area contributed by atoms with Gasteiger partial charge in [0, 0.05) is 0 Å². The number of ether oxygens (including phenoxy) is 1. The summed E-state index contributed by atoms with van der Waals surface area (Å²) in [5, 5.41) is 16.1. The first-order chi connectivity index (χ1) is 6.34. The minimum absolute atomic E-state index is 0.392. The molecule has 0 aromatic rings. The average molecular weight is 207 g/mol. The Balaban J connectivity index is 2.27. The minimum atomic E-state index is 0.392. The maximum atomic E-state index is 11.2. The van der Waals surface area contributed by atoms with Gasteiger partial charge in [0.25, 0.3) is 0 Å². The van der Waals surface area contributed by atoms with Crippen LogP contribution in [0, 0.1) is 5.21 Å². The molecule has 0 aliphatic carbocycles. The molecular weight excluding hydrogens is 194 g/mol. The van der Waals surface area contributed by atoms with Gasteiger partial charge in [-0.05, 0) is 6.26 Å². The first kappa shape index (κ1) is 10.4. The quantitative estimate of drug-likeness (QED) is 0.220. The van der Waals surface area contributed by atoms with E-state index in [1.165, 1.54) is 16.8 Å². The van der Waals surface area contributed by atoms with Crippen LogP contribution in [-0.2, 0) is 9.57 Å². The molecule has 0 amide bonds. The zero-order valence-electron chi connectivity index (χ0n) is 7.51. The molecule has 0 atom stereocenters. The van der Waals surface area contributed by atoms with Crippen molar-refractivity contribution in [3.63, 3.8) is 0 Å². The van der Waals surface area contributed by atoms with Crippen LogP contribution in [0.15, 0.2) is 5.28 Å². The number of hydrogen-bond acceptors (Lipinski definition) is 5. The van der Waals surface area contributed by atoms with E-state index in [1.807, 2.05) is 6.26 Å². The van der Waals surface area contributed by atoms with E-state index in [9.17, 15) is 5.21 Å². The van der Waals surface area contributed by atoms with E-state index in [0.717, 1.165) is 0 Å². The smallest absolute Gasteiger partial charge is 0.234 e. The van der Waals surface area contributed by atoms with Crippen LogP contribution in [-0.4, -0.2) is 48.5 Å². The fraction of sp³-hybridized carbons (Fsp3) is 1.00. The molecule has 0 saturated carbocycles. The second kappa shape index (κ2) is 5.87. The summed E-state index contributed by atoms with van der Waals surface area (Å²) in [6.45, 7) is 2.26. The standard InChI is InChI=1S/C6H13N3O3S/c1-13-6-12-7-9(10)8-2-4-11-5-3-8/h2-6H2,1H3/b9-7-. The van der Waals surface area contributed by atoms with Crippen molar-refractivity contribution in [1.82, 2.24) is 5.01 Å². The molecule has 1 fully saturated rings. The first-order valence-electron chi connectivity index (χ1n) is 3.96. The SMILES string of the molecule is CSCO/N=[N+](\[O-])N1CCOCC1. The Bertz CT molecular complexity index is 173. The van der Waals surface area contributed by atoms with Gasteiger partial charge < -0.3 is 14.8 Å². The molecule has 1 saturated heterocycles. The second-order valence-corrected chi connectivity index (χ2v) is 3.25. The summed E-state index contributed by atoms with van der Waals surface area (Å²) in [5.41, 5.74) is 0. The Hall–Kier alpha value is -0.690. The topological polar surface area (TPSA) is 60.1 Å². The molecule has 0 bridgehead atoms. The lowest BCUT2D eigenvalue weighted by Crippen LogP contribution is -2.40. The fourth-order valence-electron chi connectivity index (χ4n) is 0.902. The number of morpholine rings is 1. The van der Waals surface area contributed by atoms with Crippen LogP contribution in [0.5, 0.6) is 0 Å². The third-order valence-electron chi connectivity index (χ3n) is 1.53.